The summed E-state index contributed by atoms with van der Waals surface area (Å²) in [5, 5.41) is 8.57. The van der Waals surface area contributed by atoms with E-state index in [1.807, 2.05) is 0 Å². The molecule has 64 valence electrons. The molecule has 1 atom stereocenters. The fourth-order valence-electron chi connectivity index (χ4n) is 0.630. The second-order valence-corrected chi connectivity index (χ2v) is 2.09. The number of nitrogens with zero attached hydrogens (tertiary/aromatic N) is 1. The fourth-order valence-corrected chi connectivity index (χ4v) is 0.630. The minimum Gasteiger partial charge on any atom is -0.465 e. The summed E-state index contributed by atoms with van der Waals surface area (Å²) in [6.07, 6.45) is 1.38. The number of allylic oxidation sites excluding steroid dienone is 1. The number of esters is 1. The summed E-state index contributed by atoms with van der Waals surface area (Å²) < 4.78 is 4.65. The van der Waals surface area contributed by atoms with E-state index < -0.39 is 11.9 Å². The Bertz CT molecular complexity index is 237. The zero-order chi connectivity index (χ0) is 9.56. The van der Waals surface area contributed by atoms with Crippen molar-refractivity contribution in [3.63, 3.8) is 0 Å². The highest BCUT2D eigenvalue weighted by atomic mass is 16.5. The molecule has 3 heteroatoms. The maximum atomic E-state index is 11.0. The van der Waals surface area contributed by atoms with Crippen molar-refractivity contribution in [2.45, 2.75) is 6.92 Å². The SMILES string of the molecule is C=CC(=C)C(C#N)C(=O)OCC. The normalized spacial score (nSPS) is 11.0. The van der Waals surface area contributed by atoms with Gasteiger partial charge in [-0.25, -0.2) is 0 Å². The minimum absolute atomic E-state index is 0.265. The first-order valence-corrected chi connectivity index (χ1v) is 3.54. The Hall–Kier alpha value is -1.56. The predicted octanol–water partition coefficient (Wildman–Crippen LogP) is 1.43. The van der Waals surface area contributed by atoms with Crippen molar-refractivity contribution >= 4 is 5.97 Å². The van der Waals surface area contributed by atoms with Gasteiger partial charge in [-0.05, 0) is 12.5 Å². The van der Waals surface area contributed by atoms with E-state index in [-0.39, 0.29) is 6.61 Å². The summed E-state index contributed by atoms with van der Waals surface area (Å²) in [5.74, 6) is -1.48. The summed E-state index contributed by atoms with van der Waals surface area (Å²) in [6, 6.07) is 1.79. The molecule has 0 rings (SSSR count). The second-order valence-electron chi connectivity index (χ2n) is 2.09. The van der Waals surface area contributed by atoms with Gasteiger partial charge in [0.05, 0.1) is 12.7 Å². The average molecular weight is 165 g/mol. The molecule has 1 unspecified atom stereocenters. The van der Waals surface area contributed by atoms with Gasteiger partial charge in [-0.1, -0.05) is 19.2 Å². The Labute approximate surface area is 71.9 Å². The van der Waals surface area contributed by atoms with Gasteiger partial charge in [0.1, 0.15) is 0 Å². The third-order valence-electron chi connectivity index (χ3n) is 1.28. The minimum atomic E-state index is -0.914. The zero-order valence-electron chi connectivity index (χ0n) is 7.04. The van der Waals surface area contributed by atoms with Crippen molar-refractivity contribution in [3.05, 3.63) is 24.8 Å². The molecule has 0 fully saturated rings. The summed E-state index contributed by atoms with van der Waals surface area (Å²) in [7, 11) is 0. The number of rotatable bonds is 4. The molecule has 0 saturated carbocycles. The number of hydrogen-bond acceptors (Lipinski definition) is 3. The average Bonchev–Trinajstić information content (AvgIpc) is 2.06. The predicted molar refractivity (Wildman–Crippen MR) is 45.1 cm³/mol. The van der Waals surface area contributed by atoms with Crippen molar-refractivity contribution in [2.24, 2.45) is 5.92 Å². The van der Waals surface area contributed by atoms with Gasteiger partial charge in [0.15, 0.2) is 5.92 Å². The molecule has 0 aromatic heterocycles. The maximum Gasteiger partial charge on any atom is 0.327 e. The molecular weight excluding hydrogens is 154 g/mol. The van der Waals surface area contributed by atoms with Gasteiger partial charge in [-0.2, -0.15) is 5.26 Å². The fraction of sp³-hybridized carbons (Fsp3) is 0.333. The van der Waals surface area contributed by atoms with Crippen LogP contribution in [0.3, 0.4) is 0 Å². The highest BCUT2D eigenvalue weighted by molar-refractivity contribution is 5.79. The lowest BCUT2D eigenvalue weighted by molar-refractivity contribution is -0.144. The van der Waals surface area contributed by atoms with E-state index in [9.17, 15) is 4.79 Å². The van der Waals surface area contributed by atoms with E-state index in [1.165, 1.54) is 6.08 Å². The standard InChI is InChI=1S/C9H11NO2/c1-4-7(3)8(6-10)9(11)12-5-2/h4,8H,1,3,5H2,2H3. The van der Waals surface area contributed by atoms with E-state index in [1.54, 1.807) is 13.0 Å². The van der Waals surface area contributed by atoms with Crippen LogP contribution >= 0.6 is 0 Å². The summed E-state index contributed by atoms with van der Waals surface area (Å²) in [6.45, 7) is 8.87. The van der Waals surface area contributed by atoms with Crippen LogP contribution in [0.25, 0.3) is 0 Å². The van der Waals surface area contributed by atoms with Gasteiger partial charge in [-0.3, -0.25) is 4.79 Å². The van der Waals surface area contributed by atoms with Crippen LogP contribution in [0.5, 0.6) is 0 Å². The van der Waals surface area contributed by atoms with E-state index in [0.717, 1.165) is 0 Å². The molecular formula is C9H11NO2. The highest BCUT2D eigenvalue weighted by Crippen LogP contribution is 2.10. The summed E-state index contributed by atoms with van der Waals surface area (Å²) in [5.41, 5.74) is 0.371. The Morgan fingerprint density at radius 2 is 2.42 bits per heavy atom. The molecule has 0 aromatic rings. The molecule has 0 N–H and O–H groups in total. The first-order chi connectivity index (χ1) is 5.67. The number of nitriles is 1. The zero-order valence-corrected chi connectivity index (χ0v) is 7.04. The van der Waals surface area contributed by atoms with Crippen molar-refractivity contribution in [2.75, 3.05) is 6.61 Å². The quantitative estimate of drug-likeness (QED) is 0.467. The van der Waals surface area contributed by atoms with Crippen LogP contribution in [-0.2, 0) is 9.53 Å². The van der Waals surface area contributed by atoms with Crippen LogP contribution in [0.1, 0.15) is 6.92 Å². The Balaban J connectivity index is 4.37. The van der Waals surface area contributed by atoms with Crippen LogP contribution < -0.4 is 0 Å². The second kappa shape index (κ2) is 5.14. The van der Waals surface area contributed by atoms with E-state index in [0.29, 0.717) is 5.57 Å². The third-order valence-corrected chi connectivity index (χ3v) is 1.28. The number of carbonyl (C=O) groups is 1. The smallest absolute Gasteiger partial charge is 0.327 e. The van der Waals surface area contributed by atoms with Crippen molar-refractivity contribution in [3.8, 4) is 6.07 Å². The first-order valence-electron chi connectivity index (χ1n) is 3.54. The molecule has 0 aliphatic carbocycles. The highest BCUT2D eigenvalue weighted by Gasteiger charge is 2.20. The lowest BCUT2D eigenvalue weighted by atomic mass is 10.0. The van der Waals surface area contributed by atoms with Crippen LogP contribution in [0, 0.1) is 17.2 Å². The van der Waals surface area contributed by atoms with Crippen molar-refractivity contribution < 1.29 is 9.53 Å². The molecule has 0 aromatic carbocycles. The van der Waals surface area contributed by atoms with Crippen LogP contribution in [0.15, 0.2) is 24.8 Å². The first kappa shape index (κ1) is 10.4. The molecule has 0 aliphatic heterocycles. The van der Waals surface area contributed by atoms with Gasteiger partial charge in [0.25, 0.3) is 0 Å². The van der Waals surface area contributed by atoms with E-state index in [2.05, 4.69) is 17.9 Å². The molecule has 0 aliphatic rings. The molecule has 0 radical (unpaired) electrons. The lowest BCUT2D eigenvalue weighted by Crippen LogP contribution is -2.16. The van der Waals surface area contributed by atoms with E-state index in [4.69, 9.17) is 5.26 Å². The van der Waals surface area contributed by atoms with Crippen LogP contribution in [0.4, 0.5) is 0 Å². The topological polar surface area (TPSA) is 50.1 Å². The molecule has 0 amide bonds. The summed E-state index contributed by atoms with van der Waals surface area (Å²) >= 11 is 0. The van der Waals surface area contributed by atoms with Gasteiger partial charge in [-0.15, -0.1) is 0 Å². The maximum absolute atomic E-state index is 11.0. The van der Waals surface area contributed by atoms with Crippen molar-refractivity contribution in [1.82, 2.24) is 0 Å². The van der Waals surface area contributed by atoms with Gasteiger partial charge in [0, 0.05) is 0 Å². The summed E-state index contributed by atoms with van der Waals surface area (Å²) in [4.78, 5) is 11.0. The molecule has 12 heavy (non-hydrogen) atoms. The van der Waals surface area contributed by atoms with Gasteiger partial charge in [0.2, 0.25) is 0 Å². The monoisotopic (exact) mass is 165 g/mol. The van der Waals surface area contributed by atoms with E-state index >= 15 is 0 Å². The number of ether oxygens (including phenoxy) is 1. The number of carbonyl (C=O) groups excluding carboxylic acids is 1. The van der Waals surface area contributed by atoms with Crippen LogP contribution in [0.2, 0.25) is 0 Å². The molecule has 0 saturated heterocycles. The Morgan fingerprint density at radius 1 is 1.83 bits per heavy atom. The largest absolute Gasteiger partial charge is 0.465 e. The van der Waals surface area contributed by atoms with Gasteiger partial charge < -0.3 is 4.74 Å². The van der Waals surface area contributed by atoms with Crippen molar-refractivity contribution in [1.29, 1.82) is 5.26 Å². The molecule has 3 nitrogen and oxygen atoms in total. The Morgan fingerprint density at radius 3 is 2.75 bits per heavy atom. The Kier molecular flexibility index (Phi) is 4.47. The molecule has 0 bridgehead atoms. The third kappa shape index (κ3) is 2.59. The molecule has 0 heterocycles. The van der Waals surface area contributed by atoms with Gasteiger partial charge >= 0.3 is 5.97 Å². The molecule has 0 spiro atoms. The lowest BCUT2D eigenvalue weighted by Gasteiger charge is -2.06. The number of hydrogen-bond donors (Lipinski definition) is 0. The van der Waals surface area contributed by atoms with Crippen LogP contribution in [-0.4, -0.2) is 12.6 Å².